The molecule has 0 bridgehead atoms. The highest BCUT2D eigenvalue weighted by molar-refractivity contribution is 5.79. The molecule has 1 aromatic rings. The molecule has 0 aromatic heterocycles. The van der Waals surface area contributed by atoms with Gasteiger partial charge in [0.15, 0.2) is 5.96 Å². The lowest BCUT2D eigenvalue weighted by Gasteiger charge is -2.28. The van der Waals surface area contributed by atoms with Gasteiger partial charge in [0, 0.05) is 45.3 Å². The summed E-state index contributed by atoms with van der Waals surface area (Å²) in [5.74, 6) is -0.469. The van der Waals surface area contributed by atoms with Crippen molar-refractivity contribution in [3.8, 4) is 0 Å². The molecular formula is C18H29F2N5O. The molecule has 1 aliphatic heterocycles. The SMILES string of the molecule is CN=C(NCCN1CCOCC1)NCC(c1c(F)cccc1F)N(C)C. The first kappa shape index (κ1) is 20.5. The molecule has 0 aliphatic carbocycles. The Kier molecular flexibility index (Phi) is 8.21. The molecule has 1 saturated heterocycles. The van der Waals surface area contributed by atoms with Crippen molar-refractivity contribution < 1.29 is 13.5 Å². The van der Waals surface area contributed by atoms with E-state index in [1.54, 1.807) is 26.0 Å². The van der Waals surface area contributed by atoms with Crippen LogP contribution in [0.3, 0.4) is 0 Å². The second kappa shape index (κ2) is 10.4. The minimum atomic E-state index is -0.541. The summed E-state index contributed by atoms with van der Waals surface area (Å²) < 4.78 is 33.6. The molecule has 2 N–H and O–H groups in total. The Balaban J connectivity index is 1.88. The molecule has 146 valence electrons. The first-order valence-electron chi connectivity index (χ1n) is 8.88. The van der Waals surface area contributed by atoms with E-state index in [1.165, 1.54) is 18.2 Å². The third-order valence-corrected chi connectivity index (χ3v) is 4.47. The maximum atomic E-state index is 14.1. The number of guanidine groups is 1. The molecule has 1 aromatic carbocycles. The summed E-state index contributed by atoms with van der Waals surface area (Å²) >= 11 is 0. The monoisotopic (exact) mass is 369 g/mol. The molecule has 0 amide bonds. The van der Waals surface area contributed by atoms with Gasteiger partial charge in [0.1, 0.15) is 11.6 Å². The van der Waals surface area contributed by atoms with Crippen LogP contribution in [0.25, 0.3) is 0 Å². The lowest BCUT2D eigenvalue weighted by molar-refractivity contribution is 0.0389. The molecule has 0 radical (unpaired) electrons. The number of morpholine rings is 1. The number of hydrogen-bond acceptors (Lipinski definition) is 4. The summed E-state index contributed by atoms with van der Waals surface area (Å²) in [6.07, 6.45) is 0. The maximum Gasteiger partial charge on any atom is 0.191 e. The highest BCUT2D eigenvalue weighted by Gasteiger charge is 2.22. The van der Waals surface area contributed by atoms with Gasteiger partial charge in [-0.2, -0.15) is 0 Å². The number of hydrogen-bond donors (Lipinski definition) is 2. The molecule has 8 heteroatoms. The summed E-state index contributed by atoms with van der Waals surface area (Å²) in [5.41, 5.74) is 0.0637. The smallest absolute Gasteiger partial charge is 0.191 e. The lowest BCUT2D eigenvalue weighted by Crippen LogP contribution is -2.46. The molecule has 1 unspecified atom stereocenters. The van der Waals surface area contributed by atoms with Gasteiger partial charge in [-0.1, -0.05) is 6.07 Å². The van der Waals surface area contributed by atoms with Crippen molar-refractivity contribution >= 4 is 5.96 Å². The number of benzene rings is 1. The normalized spacial score (nSPS) is 17.4. The molecule has 2 rings (SSSR count). The maximum absolute atomic E-state index is 14.1. The van der Waals surface area contributed by atoms with E-state index in [0.717, 1.165) is 39.4 Å². The van der Waals surface area contributed by atoms with Gasteiger partial charge in [0.2, 0.25) is 0 Å². The first-order chi connectivity index (χ1) is 12.5. The van der Waals surface area contributed by atoms with Gasteiger partial charge in [-0.25, -0.2) is 8.78 Å². The Labute approximate surface area is 154 Å². The van der Waals surface area contributed by atoms with Crippen molar-refractivity contribution in [2.24, 2.45) is 4.99 Å². The molecule has 6 nitrogen and oxygen atoms in total. The Morgan fingerprint density at radius 1 is 1.23 bits per heavy atom. The van der Waals surface area contributed by atoms with E-state index in [4.69, 9.17) is 4.74 Å². The highest BCUT2D eigenvalue weighted by atomic mass is 19.1. The number of likely N-dealkylation sites (N-methyl/N-ethyl adjacent to an activating group) is 1. The van der Waals surface area contributed by atoms with Crippen molar-refractivity contribution in [3.63, 3.8) is 0 Å². The molecule has 0 saturated carbocycles. The van der Waals surface area contributed by atoms with Crippen LogP contribution in [0.2, 0.25) is 0 Å². The standard InChI is InChI=1S/C18H29F2N5O/c1-21-18(22-7-8-25-9-11-26-12-10-25)23-13-16(24(2)3)17-14(19)5-4-6-15(17)20/h4-6,16H,7-13H2,1-3H3,(H2,21,22,23). The summed E-state index contributed by atoms with van der Waals surface area (Å²) in [5, 5.41) is 6.40. The summed E-state index contributed by atoms with van der Waals surface area (Å²) in [7, 11) is 5.28. The number of aliphatic imine (C=N–C) groups is 1. The highest BCUT2D eigenvalue weighted by Crippen LogP contribution is 2.23. The average Bonchev–Trinajstić information content (AvgIpc) is 2.63. The van der Waals surface area contributed by atoms with Crippen LogP contribution in [0.15, 0.2) is 23.2 Å². The van der Waals surface area contributed by atoms with Gasteiger partial charge in [-0.05, 0) is 26.2 Å². The van der Waals surface area contributed by atoms with Gasteiger partial charge in [-0.3, -0.25) is 9.89 Å². The van der Waals surface area contributed by atoms with Crippen molar-refractivity contribution in [2.75, 3.05) is 67.1 Å². The fraction of sp³-hybridized carbons (Fsp3) is 0.611. The van der Waals surface area contributed by atoms with Crippen LogP contribution in [-0.4, -0.2) is 82.8 Å². The van der Waals surface area contributed by atoms with Gasteiger partial charge in [0.05, 0.1) is 19.3 Å². The van der Waals surface area contributed by atoms with E-state index < -0.39 is 17.7 Å². The second-order valence-electron chi connectivity index (χ2n) is 6.45. The van der Waals surface area contributed by atoms with E-state index in [9.17, 15) is 8.78 Å². The van der Waals surface area contributed by atoms with Crippen LogP contribution in [0.5, 0.6) is 0 Å². The fourth-order valence-electron chi connectivity index (χ4n) is 2.94. The quantitative estimate of drug-likeness (QED) is 0.556. The predicted molar refractivity (Wildman–Crippen MR) is 99.4 cm³/mol. The molecule has 0 spiro atoms. The predicted octanol–water partition coefficient (Wildman–Crippen LogP) is 1.06. The minimum Gasteiger partial charge on any atom is -0.379 e. The van der Waals surface area contributed by atoms with Gasteiger partial charge in [-0.15, -0.1) is 0 Å². The van der Waals surface area contributed by atoms with E-state index in [-0.39, 0.29) is 5.56 Å². The van der Waals surface area contributed by atoms with E-state index in [0.29, 0.717) is 12.5 Å². The zero-order chi connectivity index (χ0) is 18.9. The minimum absolute atomic E-state index is 0.0637. The first-order valence-corrected chi connectivity index (χ1v) is 8.88. The third-order valence-electron chi connectivity index (χ3n) is 4.47. The lowest BCUT2D eigenvalue weighted by atomic mass is 10.0. The van der Waals surface area contributed by atoms with Crippen LogP contribution in [0.4, 0.5) is 8.78 Å². The van der Waals surface area contributed by atoms with Crippen molar-refractivity contribution in [2.45, 2.75) is 6.04 Å². The molecule has 1 atom stereocenters. The van der Waals surface area contributed by atoms with E-state index >= 15 is 0 Å². The van der Waals surface area contributed by atoms with Gasteiger partial charge >= 0.3 is 0 Å². The van der Waals surface area contributed by atoms with Crippen LogP contribution in [0.1, 0.15) is 11.6 Å². The second-order valence-corrected chi connectivity index (χ2v) is 6.45. The Hall–Kier alpha value is -1.77. The van der Waals surface area contributed by atoms with Crippen LogP contribution in [-0.2, 0) is 4.74 Å². The number of nitrogens with zero attached hydrogens (tertiary/aromatic N) is 3. The molecule has 1 fully saturated rings. The Morgan fingerprint density at radius 3 is 2.46 bits per heavy atom. The fourth-order valence-corrected chi connectivity index (χ4v) is 2.94. The topological polar surface area (TPSA) is 52.1 Å². The number of rotatable bonds is 7. The number of nitrogens with one attached hydrogen (secondary N) is 2. The summed E-state index contributed by atoms with van der Waals surface area (Å²) in [6.45, 7) is 5.37. The van der Waals surface area contributed by atoms with Crippen molar-refractivity contribution in [1.29, 1.82) is 0 Å². The summed E-state index contributed by atoms with van der Waals surface area (Å²) in [6, 6.07) is 3.49. The van der Waals surface area contributed by atoms with Gasteiger partial charge < -0.3 is 20.3 Å². The van der Waals surface area contributed by atoms with Crippen LogP contribution >= 0.6 is 0 Å². The number of halogens is 2. The molecule has 1 heterocycles. The van der Waals surface area contributed by atoms with E-state index in [2.05, 4.69) is 20.5 Å². The van der Waals surface area contributed by atoms with Crippen LogP contribution in [0, 0.1) is 11.6 Å². The van der Waals surface area contributed by atoms with Crippen molar-refractivity contribution in [1.82, 2.24) is 20.4 Å². The molecular weight excluding hydrogens is 340 g/mol. The number of ether oxygens (including phenoxy) is 1. The zero-order valence-electron chi connectivity index (χ0n) is 15.8. The van der Waals surface area contributed by atoms with Crippen molar-refractivity contribution in [3.05, 3.63) is 35.4 Å². The van der Waals surface area contributed by atoms with Crippen LogP contribution < -0.4 is 10.6 Å². The Bertz CT molecular complexity index is 571. The van der Waals surface area contributed by atoms with E-state index in [1.807, 2.05) is 0 Å². The molecule has 1 aliphatic rings. The zero-order valence-corrected chi connectivity index (χ0v) is 15.8. The largest absolute Gasteiger partial charge is 0.379 e. The Morgan fingerprint density at radius 2 is 1.88 bits per heavy atom. The van der Waals surface area contributed by atoms with Gasteiger partial charge in [0.25, 0.3) is 0 Å². The molecule has 26 heavy (non-hydrogen) atoms. The summed E-state index contributed by atoms with van der Waals surface area (Å²) in [4.78, 5) is 8.29. The average molecular weight is 369 g/mol. The third kappa shape index (κ3) is 5.89.